The van der Waals surface area contributed by atoms with Gasteiger partial charge in [-0.3, -0.25) is 4.79 Å². The lowest BCUT2D eigenvalue weighted by Crippen LogP contribution is -2.50. The van der Waals surface area contributed by atoms with Crippen molar-refractivity contribution in [3.05, 3.63) is 35.9 Å². The molecule has 1 amide bonds. The average molecular weight is 311 g/mol. The van der Waals surface area contributed by atoms with Gasteiger partial charge in [0.25, 0.3) is 0 Å². The molecule has 4 heteroatoms. The van der Waals surface area contributed by atoms with E-state index in [0.29, 0.717) is 12.5 Å². The van der Waals surface area contributed by atoms with Crippen molar-refractivity contribution in [3.8, 4) is 0 Å². The van der Waals surface area contributed by atoms with Gasteiger partial charge in [-0.1, -0.05) is 44.2 Å². The van der Waals surface area contributed by atoms with Gasteiger partial charge in [-0.15, -0.1) is 12.4 Å². The van der Waals surface area contributed by atoms with E-state index in [0.717, 1.165) is 18.4 Å². The molecule has 0 heterocycles. The molecule has 21 heavy (non-hydrogen) atoms. The summed E-state index contributed by atoms with van der Waals surface area (Å²) >= 11 is 0. The van der Waals surface area contributed by atoms with Crippen LogP contribution in [0.5, 0.6) is 0 Å². The Bertz CT molecular complexity index is 441. The molecule has 0 saturated heterocycles. The number of hydrogen-bond donors (Lipinski definition) is 2. The maximum atomic E-state index is 12.9. The van der Waals surface area contributed by atoms with Gasteiger partial charge < -0.3 is 11.1 Å². The maximum Gasteiger partial charge on any atom is 0.230 e. The number of amides is 1. The summed E-state index contributed by atoms with van der Waals surface area (Å²) in [5.41, 5.74) is 6.49. The van der Waals surface area contributed by atoms with E-state index in [1.807, 2.05) is 18.2 Å². The lowest BCUT2D eigenvalue weighted by Gasteiger charge is -2.33. The fourth-order valence-corrected chi connectivity index (χ4v) is 3.04. The number of rotatable bonds is 7. The number of nitrogens with one attached hydrogen (secondary N) is 1. The van der Waals surface area contributed by atoms with Crippen molar-refractivity contribution in [2.24, 2.45) is 11.7 Å². The zero-order valence-corrected chi connectivity index (χ0v) is 13.8. The number of nitrogens with two attached hydrogens (primary N) is 1. The van der Waals surface area contributed by atoms with E-state index in [-0.39, 0.29) is 24.4 Å². The standard InChI is InChI=1S/C17H26N2O.ClH/c1-3-17(4-2,14-8-6-5-7-9-14)16(20)19-15(12-18)13-10-11-13;/h5-9,13,15H,3-4,10-12,18H2,1-2H3,(H,19,20);1H. The smallest absolute Gasteiger partial charge is 0.230 e. The first-order valence-electron chi connectivity index (χ1n) is 7.74. The highest BCUT2D eigenvalue weighted by Crippen LogP contribution is 2.35. The summed E-state index contributed by atoms with van der Waals surface area (Å²) in [5.74, 6) is 0.724. The topological polar surface area (TPSA) is 55.1 Å². The van der Waals surface area contributed by atoms with Crippen molar-refractivity contribution >= 4 is 18.3 Å². The Hall–Kier alpha value is -1.06. The summed E-state index contributed by atoms with van der Waals surface area (Å²) in [4.78, 5) is 12.9. The van der Waals surface area contributed by atoms with E-state index in [1.165, 1.54) is 12.8 Å². The molecule has 1 aliphatic carbocycles. The number of carbonyl (C=O) groups excluding carboxylic acids is 1. The van der Waals surface area contributed by atoms with Crippen molar-refractivity contribution in [1.29, 1.82) is 0 Å². The van der Waals surface area contributed by atoms with Crippen molar-refractivity contribution in [2.45, 2.75) is 51.0 Å². The molecule has 0 spiro atoms. The molecule has 3 nitrogen and oxygen atoms in total. The normalized spacial score (nSPS) is 16.0. The molecule has 0 bridgehead atoms. The van der Waals surface area contributed by atoms with E-state index in [1.54, 1.807) is 0 Å². The van der Waals surface area contributed by atoms with Crippen LogP contribution in [0.4, 0.5) is 0 Å². The molecule has 1 fully saturated rings. The van der Waals surface area contributed by atoms with Crippen LogP contribution in [-0.4, -0.2) is 18.5 Å². The molecule has 3 N–H and O–H groups in total. The van der Waals surface area contributed by atoms with Crippen molar-refractivity contribution in [3.63, 3.8) is 0 Å². The Balaban J connectivity index is 0.00000220. The second kappa shape index (κ2) is 7.81. The van der Waals surface area contributed by atoms with Crippen molar-refractivity contribution < 1.29 is 4.79 Å². The minimum atomic E-state index is -0.427. The third-order valence-corrected chi connectivity index (χ3v) is 4.73. The molecule has 0 radical (unpaired) electrons. The lowest BCUT2D eigenvalue weighted by atomic mass is 9.75. The van der Waals surface area contributed by atoms with Crippen LogP contribution in [0.3, 0.4) is 0 Å². The molecule has 0 aliphatic heterocycles. The fraction of sp³-hybridized carbons (Fsp3) is 0.588. The van der Waals surface area contributed by atoms with Crippen molar-refractivity contribution in [1.82, 2.24) is 5.32 Å². The Morgan fingerprint density at radius 2 is 1.86 bits per heavy atom. The highest BCUT2D eigenvalue weighted by atomic mass is 35.5. The fourth-order valence-electron chi connectivity index (χ4n) is 3.04. The monoisotopic (exact) mass is 310 g/mol. The predicted octanol–water partition coefficient (Wildman–Crippen LogP) is 3.02. The third-order valence-electron chi connectivity index (χ3n) is 4.73. The highest BCUT2D eigenvalue weighted by Gasteiger charge is 2.40. The van der Waals surface area contributed by atoms with Gasteiger partial charge in [-0.05, 0) is 37.2 Å². The summed E-state index contributed by atoms with van der Waals surface area (Å²) in [6, 6.07) is 10.3. The van der Waals surface area contributed by atoms with Gasteiger partial charge in [0, 0.05) is 12.6 Å². The Morgan fingerprint density at radius 1 is 1.29 bits per heavy atom. The number of carbonyl (C=O) groups is 1. The molecule has 1 atom stereocenters. The van der Waals surface area contributed by atoms with Gasteiger partial charge >= 0.3 is 0 Å². The minimum Gasteiger partial charge on any atom is -0.351 e. The summed E-state index contributed by atoms with van der Waals surface area (Å²) in [6.45, 7) is 4.71. The Morgan fingerprint density at radius 3 is 2.29 bits per heavy atom. The van der Waals surface area contributed by atoms with Gasteiger partial charge in [-0.2, -0.15) is 0 Å². The summed E-state index contributed by atoms with van der Waals surface area (Å²) < 4.78 is 0. The second-order valence-corrected chi connectivity index (χ2v) is 5.81. The second-order valence-electron chi connectivity index (χ2n) is 5.81. The first-order valence-corrected chi connectivity index (χ1v) is 7.74. The Kier molecular flexibility index (Phi) is 6.69. The number of benzene rings is 1. The van der Waals surface area contributed by atoms with Gasteiger partial charge in [0.15, 0.2) is 0 Å². The van der Waals surface area contributed by atoms with Crippen LogP contribution in [0.1, 0.15) is 45.1 Å². The van der Waals surface area contributed by atoms with E-state index in [2.05, 4.69) is 31.3 Å². The van der Waals surface area contributed by atoms with Crippen LogP contribution in [0, 0.1) is 5.92 Å². The van der Waals surface area contributed by atoms with E-state index in [9.17, 15) is 4.79 Å². The molecule has 0 aromatic heterocycles. The molecule has 1 aliphatic rings. The molecule has 118 valence electrons. The highest BCUT2D eigenvalue weighted by molar-refractivity contribution is 5.88. The molecule has 2 rings (SSSR count). The van der Waals surface area contributed by atoms with Crippen LogP contribution < -0.4 is 11.1 Å². The van der Waals surface area contributed by atoms with Crippen LogP contribution in [0.25, 0.3) is 0 Å². The number of halogens is 1. The summed E-state index contributed by atoms with van der Waals surface area (Å²) in [5, 5.41) is 3.21. The summed E-state index contributed by atoms with van der Waals surface area (Å²) in [6.07, 6.45) is 4.00. The number of hydrogen-bond acceptors (Lipinski definition) is 2. The van der Waals surface area contributed by atoms with Crippen LogP contribution in [0.15, 0.2) is 30.3 Å². The lowest BCUT2D eigenvalue weighted by molar-refractivity contribution is -0.128. The van der Waals surface area contributed by atoms with Crippen LogP contribution >= 0.6 is 12.4 Å². The van der Waals surface area contributed by atoms with E-state index < -0.39 is 5.41 Å². The zero-order valence-electron chi connectivity index (χ0n) is 13.0. The first kappa shape index (κ1) is 18.0. The molecular formula is C17H27ClN2O. The van der Waals surface area contributed by atoms with E-state index in [4.69, 9.17) is 5.73 Å². The first-order chi connectivity index (χ1) is 9.67. The molecular weight excluding hydrogens is 284 g/mol. The Labute approximate surface area is 134 Å². The predicted molar refractivity (Wildman–Crippen MR) is 89.7 cm³/mol. The van der Waals surface area contributed by atoms with Gasteiger partial charge in [0.05, 0.1) is 5.41 Å². The van der Waals surface area contributed by atoms with Gasteiger partial charge in [0.1, 0.15) is 0 Å². The third kappa shape index (κ3) is 3.78. The largest absolute Gasteiger partial charge is 0.351 e. The van der Waals surface area contributed by atoms with E-state index >= 15 is 0 Å². The quantitative estimate of drug-likeness (QED) is 0.813. The maximum absolute atomic E-state index is 12.9. The van der Waals surface area contributed by atoms with Crippen LogP contribution in [-0.2, 0) is 10.2 Å². The molecule has 1 saturated carbocycles. The van der Waals surface area contributed by atoms with Crippen molar-refractivity contribution in [2.75, 3.05) is 6.54 Å². The minimum absolute atomic E-state index is 0. The average Bonchev–Trinajstić information content (AvgIpc) is 3.32. The molecule has 1 unspecified atom stereocenters. The SMILES string of the molecule is CCC(CC)(C(=O)NC(CN)C1CC1)c1ccccc1.Cl. The van der Waals surface area contributed by atoms with Gasteiger partial charge in [0.2, 0.25) is 5.91 Å². The van der Waals surface area contributed by atoms with Crippen LogP contribution in [0.2, 0.25) is 0 Å². The summed E-state index contributed by atoms with van der Waals surface area (Å²) in [7, 11) is 0. The molecule has 1 aromatic carbocycles. The zero-order chi connectivity index (χ0) is 14.6. The molecule has 1 aromatic rings. The van der Waals surface area contributed by atoms with Gasteiger partial charge in [-0.25, -0.2) is 0 Å².